The van der Waals surface area contributed by atoms with Crippen LogP contribution in [0.3, 0.4) is 0 Å². The molecule has 4 bridgehead atoms. The Morgan fingerprint density at radius 2 is 2.00 bits per heavy atom. The van der Waals surface area contributed by atoms with Crippen molar-refractivity contribution >= 4 is 0 Å². The normalized spacial score (nSPS) is 44.0. The maximum atomic E-state index is 4.16. The van der Waals surface area contributed by atoms with Gasteiger partial charge in [0.25, 0.3) is 0 Å². The molecule has 4 aliphatic rings. The van der Waals surface area contributed by atoms with Gasteiger partial charge in [0.05, 0.1) is 17.9 Å². The summed E-state index contributed by atoms with van der Waals surface area (Å²) in [5.74, 6) is 1.91. The fourth-order valence-corrected chi connectivity index (χ4v) is 6.46. The summed E-state index contributed by atoms with van der Waals surface area (Å²) in [6, 6.07) is 0.410. The summed E-state index contributed by atoms with van der Waals surface area (Å²) in [5, 5.41) is 11.9. The second-order valence-corrected chi connectivity index (χ2v) is 8.14. The topological polar surface area (TPSA) is 42.7 Å². The fourth-order valence-electron chi connectivity index (χ4n) is 6.46. The Balaban J connectivity index is 1.74. The van der Waals surface area contributed by atoms with Gasteiger partial charge in [0.1, 0.15) is 0 Å². The van der Waals surface area contributed by atoms with Crippen LogP contribution in [0.15, 0.2) is 6.20 Å². The third-order valence-electron chi connectivity index (χ3n) is 6.35. The average molecular weight is 274 g/mol. The van der Waals surface area contributed by atoms with E-state index in [-0.39, 0.29) is 0 Å². The zero-order valence-corrected chi connectivity index (χ0v) is 12.9. The lowest BCUT2D eigenvalue weighted by Crippen LogP contribution is -2.55. The van der Waals surface area contributed by atoms with Gasteiger partial charge in [-0.05, 0) is 68.2 Å². The third-order valence-corrected chi connectivity index (χ3v) is 6.35. The van der Waals surface area contributed by atoms with Crippen LogP contribution < -0.4 is 5.32 Å². The molecule has 1 N–H and O–H groups in total. The van der Waals surface area contributed by atoms with Crippen LogP contribution >= 0.6 is 0 Å². The summed E-state index contributed by atoms with van der Waals surface area (Å²) in [4.78, 5) is 0. The molecule has 0 amide bonds. The summed E-state index contributed by atoms with van der Waals surface area (Å²) in [5.41, 5.74) is 2.28. The molecular weight excluding hydrogens is 248 g/mol. The Morgan fingerprint density at radius 3 is 2.50 bits per heavy atom. The highest BCUT2D eigenvalue weighted by Crippen LogP contribution is 2.68. The molecule has 4 aliphatic carbocycles. The van der Waals surface area contributed by atoms with Crippen molar-refractivity contribution < 1.29 is 0 Å². The van der Waals surface area contributed by atoms with Crippen molar-refractivity contribution in [3.8, 4) is 0 Å². The van der Waals surface area contributed by atoms with Crippen LogP contribution in [0.5, 0.6) is 0 Å². The van der Waals surface area contributed by atoms with Gasteiger partial charge in [-0.1, -0.05) is 12.1 Å². The lowest BCUT2D eigenvalue weighted by Gasteiger charge is -2.63. The van der Waals surface area contributed by atoms with Crippen LogP contribution in [-0.4, -0.2) is 22.0 Å². The maximum Gasteiger partial charge on any atom is 0.0758 e. The largest absolute Gasteiger partial charge is 0.311 e. The molecule has 110 valence electrons. The van der Waals surface area contributed by atoms with Gasteiger partial charge in [-0.3, -0.25) is 4.68 Å². The van der Waals surface area contributed by atoms with Gasteiger partial charge in [0, 0.05) is 7.05 Å². The number of aromatic nitrogens is 3. The van der Waals surface area contributed by atoms with E-state index in [9.17, 15) is 0 Å². The minimum absolute atomic E-state index is 0.410. The first kappa shape index (κ1) is 12.8. The minimum atomic E-state index is 0.410. The van der Waals surface area contributed by atoms with E-state index in [1.807, 2.05) is 17.9 Å². The summed E-state index contributed by atoms with van der Waals surface area (Å²) >= 11 is 0. The molecule has 3 unspecified atom stereocenters. The molecule has 4 saturated carbocycles. The van der Waals surface area contributed by atoms with Gasteiger partial charge in [0.15, 0.2) is 0 Å². The van der Waals surface area contributed by atoms with Crippen molar-refractivity contribution in [3.05, 3.63) is 11.9 Å². The number of rotatable bonds is 3. The first-order valence-electron chi connectivity index (χ1n) is 8.05. The van der Waals surface area contributed by atoms with Gasteiger partial charge in [-0.25, -0.2) is 0 Å². The Hall–Kier alpha value is -0.900. The first-order chi connectivity index (χ1) is 9.54. The monoisotopic (exact) mass is 274 g/mol. The number of aryl methyl sites for hydroxylation is 1. The van der Waals surface area contributed by atoms with Crippen molar-refractivity contribution in [1.82, 2.24) is 20.3 Å². The molecule has 1 heterocycles. The van der Waals surface area contributed by atoms with E-state index in [2.05, 4.69) is 29.6 Å². The summed E-state index contributed by atoms with van der Waals surface area (Å²) in [6.07, 6.45) is 10.5. The van der Waals surface area contributed by atoms with Crippen LogP contribution in [-0.2, 0) is 7.05 Å². The lowest BCUT2D eigenvalue weighted by atomic mass is 9.43. The molecular formula is C16H26N4. The SMILES string of the molecule is CNC(c1cnnn1C)C12CC3CC(CC(C)(C3)C1)C2. The van der Waals surface area contributed by atoms with Crippen LogP contribution in [0.2, 0.25) is 0 Å². The summed E-state index contributed by atoms with van der Waals surface area (Å²) in [7, 11) is 4.13. The number of nitrogens with one attached hydrogen (secondary N) is 1. The Kier molecular flexibility index (Phi) is 2.60. The highest BCUT2D eigenvalue weighted by molar-refractivity contribution is 5.16. The Labute approximate surface area is 121 Å². The molecule has 1 aromatic rings. The predicted molar refractivity (Wildman–Crippen MR) is 78.0 cm³/mol. The van der Waals surface area contributed by atoms with Gasteiger partial charge >= 0.3 is 0 Å². The quantitative estimate of drug-likeness (QED) is 0.921. The molecule has 0 radical (unpaired) electrons. The molecule has 4 nitrogen and oxygen atoms in total. The van der Waals surface area contributed by atoms with Crippen LogP contribution in [0, 0.1) is 22.7 Å². The van der Waals surface area contributed by atoms with Crippen molar-refractivity contribution in [2.45, 2.75) is 51.5 Å². The number of hydrogen-bond donors (Lipinski definition) is 1. The first-order valence-corrected chi connectivity index (χ1v) is 8.05. The highest BCUT2D eigenvalue weighted by atomic mass is 15.4. The van der Waals surface area contributed by atoms with Crippen LogP contribution in [0.1, 0.15) is 57.2 Å². The van der Waals surface area contributed by atoms with Crippen molar-refractivity contribution in [3.63, 3.8) is 0 Å². The van der Waals surface area contributed by atoms with E-state index in [0.717, 1.165) is 11.8 Å². The minimum Gasteiger partial charge on any atom is -0.311 e. The van der Waals surface area contributed by atoms with Gasteiger partial charge < -0.3 is 5.32 Å². The van der Waals surface area contributed by atoms with Gasteiger partial charge in [0.2, 0.25) is 0 Å². The average Bonchev–Trinajstić information content (AvgIpc) is 2.73. The second kappa shape index (κ2) is 4.06. The lowest BCUT2D eigenvalue weighted by molar-refractivity contribution is -0.119. The van der Waals surface area contributed by atoms with E-state index >= 15 is 0 Å². The Bertz CT molecular complexity index is 506. The standard InChI is InChI=1S/C16H26N4/c1-15-5-11-4-12(6-15)8-16(7-11,10-15)14(17-2)13-9-18-19-20(13)3/h9,11-12,14,17H,4-8,10H2,1-3H3. The summed E-state index contributed by atoms with van der Waals surface area (Å²) in [6.45, 7) is 2.54. The molecule has 0 aliphatic heterocycles. The molecule has 4 heteroatoms. The van der Waals surface area contributed by atoms with E-state index < -0.39 is 0 Å². The maximum absolute atomic E-state index is 4.16. The molecule has 5 rings (SSSR count). The molecule has 4 fully saturated rings. The number of hydrogen-bond acceptors (Lipinski definition) is 3. The smallest absolute Gasteiger partial charge is 0.0758 e. The predicted octanol–water partition coefficient (Wildman–Crippen LogP) is 2.68. The van der Waals surface area contributed by atoms with Crippen LogP contribution in [0.4, 0.5) is 0 Å². The highest BCUT2D eigenvalue weighted by Gasteiger charge is 2.58. The van der Waals surface area contributed by atoms with Gasteiger partial charge in [-0.2, -0.15) is 0 Å². The molecule has 0 aromatic carbocycles. The Morgan fingerprint density at radius 1 is 1.30 bits per heavy atom. The second-order valence-electron chi connectivity index (χ2n) is 8.14. The van der Waals surface area contributed by atoms with Crippen LogP contribution in [0.25, 0.3) is 0 Å². The van der Waals surface area contributed by atoms with E-state index in [1.54, 1.807) is 0 Å². The van der Waals surface area contributed by atoms with Gasteiger partial charge in [-0.15, -0.1) is 5.10 Å². The van der Waals surface area contributed by atoms with E-state index in [4.69, 9.17) is 0 Å². The molecule has 0 spiro atoms. The summed E-state index contributed by atoms with van der Waals surface area (Å²) < 4.78 is 1.96. The molecule has 1 aromatic heterocycles. The molecule has 0 saturated heterocycles. The van der Waals surface area contributed by atoms with E-state index in [0.29, 0.717) is 16.9 Å². The zero-order chi connectivity index (χ0) is 14.0. The third kappa shape index (κ3) is 1.70. The van der Waals surface area contributed by atoms with Crippen molar-refractivity contribution in [1.29, 1.82) is 0 Å². The fraction of sp³-hybridized carbons (Fsp3) is 0.875. The van der Waals surface area contributed by atoms with Crippen molar-refractivity contribution in [2.24, 2.45) is 29.7 Å². The molecule has 20 heavy (non-hydrogen) atoms. The van der Waals surface area contributed by atoms with E-state index in [1.165, 1.54) is 44.2 Å². The molecule has 3 atom stereocenters. The zero-order valence-electron chi connectivity index (χ0n) is 12.9. The number of nitrogens with zero attached hydrogens (tertiary/aromatic N) is 3. The van der Waals surface area contributed by atoms with Crippen molar-refractivity contribution in [2.75, 3.05) is 7.05 Å².